The molecular weight excluding hydrogens is 244 g/mol. The topological polar surface area (TPSA) is 70.5 Å². The zero-order chi connectivity index (χ0) is 14.3. The highest BCUT2D eigenvalue weighted by atomic mass is 16.4. The van der Waals surface area contributed by atoms with Gasteiger partial charge in [0.15, 0.2) is 0 Å². The Balaban J connectivity index is 2.64. The minimum absolute atomic E-state index is 0.195. The van der Waals surface area contributed by atoms with Crippen LogP contribution in [0.1, 0.15) is 19.4 Å². The number of hydrogen-bond donors (Lipinski definition) is 1. The Hall–Kier alpha value is -2.17. The molecule has 0 aliphatic carbocycles. The van der Waals surface area contributed by atoms with E-state index in [0.29, 0.717) is 6.54 Å². The van der Waals surface area contributed by atoms with E-state index in [2.05, 4.69) is 4.98 Å². The van der Waals surface area contributed by atoms with E-state index in [-0.39, 0.29) is 12.5 Å². The molecule has 5 heteroatoms. The highest BCUT2D eigenvalue weighted by molar-refractivity contribution is 5.92. The smallest absolute Gasteiger partial charge is 0.308 e. The summed E-state index contributed by atoms with van der Waals surface area (Å²) in [5.41, 5.74) is 0.832. The van der Waals surface area contributed by atoms with Crippen LogP contribution in [0.2, 0.25) is 0 Å². The maximum atomic E-state index is 11.9. The van der Waals surface area contributed by atoms with E-state index in [1.807, 2.05) is 13.0 Å². The molecule has 1 N–H and O–H groups in total. The van der Waals surface area contributed by atoms with Gasteiger partial charge in [0.25, 0.3) is 0 Å². The summed E-state index contributed by atoms with van der Waals surface area (Å²) in [7, 11) is 0. The predicted molar refractivity (Wildman–Crippen MR) is 72.3 cm³/mol. The van der Waals surface area contributed by atoms with E-state index in [9.17, 15) is 9.59 Å². The maximum absolute atomic E-state index is 11.9. The van der Waals surface area contributed by atoms with Crippen LogP contribution in [0, 0.1) is 5.92 Å². The molecule has 102 valence electrons. The summed E-state index contributed by atoms with van der Waals surface area (Å²) in [5.74, 6) is -1.67. The van der Waals surface area contributed by atoms with Crippen LogP contribution in [0.5, 0.6) is 0 Å². The summed E-state index contributed by atoms with van der Waals surface area (Å²) in [4.78, 5) is 28.2. The molecule has 1 atom stereocenters. The van der Waals surface area contributed by atoms with E-state index in [1.165, 1.54) is 11.0 Å². The molecule has 0 saturated heterocycles. The van der Waals surface area contributed by atoms with Crippen LogP contribution in [0.3, 0.4) is 0 Å². The highest BCUT2D eigenvalue weighted by Gasteiger charge is 2.17. The number of carboxylic acid groups (broad SMARTS) is 1. The Labute approximate surface area is 112 Å². The number of aromatic nitrogens is 1. The SMILES string of the molecule is CCN(CC(C)C(=O)O)C(=O)/C=C/c1cccnc1. The van der Waals surface area contributed by atoms with Gasteiger partial charge in [-0.05, 0) is 24.6 Å². The van der Waals surface area contributed by atoms with E-state index >= 15 is 0 Å². The minimum Gasteiger partial charge on any atom is -0.481 e. The van der Waals surface area contributed by atoms with Crippen molar-refractivity contribution in [2.75, 3.05) is 13.1 Å². The third-order valence-electron chi connectivity index (χ3n) is 2.71. The summed E-state index contributed by atoms with van der Waals surface area (Å²) in [6.07, 6.45) is 6.42. The lowest BCUT2D eigenvalue weighted by molar-refractivity contribution is -0.142. The van der Waals surface area contributed by atoms with Gasteiger partial charge in [0.05, 0.1) is 5.92 Å². The Morgan fingerprint density at radius 2 is 2.26 bits per heavy atom. The number of carboxylic acids is 1. The number of amides is 1. The van der Waals surface area contributed by atoms with Crippen LogP contribution in [0.25, 0.3) is 6.08 Å². The lowest BCUT2D eigenvalue weighted by Gasteiger charge is -2.21. The fourth-order valence-corrected chi connectivity index (χ4v) is 1.53. The molecule has 0 fully saturated rings. The van der Waals surface area contributed by atoms with Gasteiger partial charge in [-0.25, -0.2) is 0 Å². The van der Waals surface area contributed by atoms with Gasteiger partial charge in [-0.1, -0.05) is 13.0 Å². The van der Waals surface area contributed by atoms with Crippen molar-refractivity contribution in [3.05, 3.63) is 36.2 Å². The van der Waals surface area contributed by atoms with Crippen molar-refractivity contribution in [1.29, 1.82) is 0 Å². The number of carbonyl (C=O) groups excluding carboxylic acids is 1. The largest absolute Gasteiger partial charge is 0.481 e. The molecule has 0 radical (unpaired) electrons. The second kappa shape index (κ2) is 7.31. The molecule has 1 amide bonds. The predicted octanol–water partition coefficient (Wildman–Crippen LogP) is 1.66. The average Bonchev–Trinajstić information content (AvgIpc) is 2.42. The van der Waals surface area contributed by atoms with Crippen LogP contribution in [-0.2, 0) is 9.59 Å². The van der Waals surface area contributed by atoms with Gasteiger partial charge in [0.2, 0.25) is 5.91 Å². The molecular formula is C14H18N2O3. The first kappa shape index (κ1) is 14.9. The van der Waals surface area contributed by atoms with Gasteiger partial charge in [0.1, 0.15) is 0 Å². The number of aliphatic carboxylic acids is 1. The Morgan fingerprint density at radius 1 is 1.53 bits per heavy atom. The van der Waals surface area contributed by atoms with Crippen molar-refractivity contribution in [2.45, 2.75) is 13.8 Å². The van der Waals surface area contributed by atoms with Crippen molar-refractivity contribution in [2.24, 2.45) is 5.92 Å². The van der Waals surface area contributed by atoms with Crippen LogP contribution >= 0.6 is 0 Å². The molecule has 1 aromatic rings. The number of pyridine rings is 1. The molecule has 0 bridgehead atoms. The maximum Gasteiger partial charge on any atom is 0.308 e. The van der Waals surface area contributed by atoms with Crippen molar-refractivity contribution >= 4 is 18.0 Å². The van der Waals surface area contributed by atoms with Gasteiger partial charge in [-0.15, -0.1) is 0 Å². The van der Waals surface area contributed by atoms with Gasteiger partial charge < -0.3 is 10.0 Å². The zero-order valence-electron chi connectivity index (χ0n) is 11.1. The van der Waals surface area contributed by atoms with Crippen LogP contribution < -0.4 is 0 Å². The first-order valence-electron chi connectivity index (χ1n) is 6.14. The lowest BCUT2D eigenvalue weighted by atomic mass is 10.1. The molecule has 19 heavy (non-hydrogen) atoms. The van der Waals surface area contributed by atoms with E-state index in [4.69, 9.17) is 5.11 Å². The van der Waals surface area contributed by atoms with E-state index in [0.717, 1.165) is 5.56 Å². The van der Waals surface area contributed by atoms with Gasteiger partial charge in [0, 0.05) is 31.6 Å². The van der Waals surface area contributed by atoms with E-state index < -0.39 is 11.9 Å². The summed E-state index contributed by atoms with van der Waals surface area (Å²) in [6, 6.07) is 3.63. The summed E-state index contributed by atoms with van der Waals surface area (Å²) in [5, 5.41) is 8.85. The van der Waals surface area contributed by atoms with Gasteiger partial charge in [-0.3, -0.25) is 14.6 Å². The summed E-state index contributed by atoms with van der Waals surface area (Å²) < 4.78 is 0. The molecule has 1 aromatic heterocycles. The first-order valence-corrected chi connectivity index (χ1v) is 6.14. The second-order valence-corrected chi connectivity index (χ2v) is 4.24. The first-order chi connectivity index (χ1) is 9.04. The summed E-state index contributed by atoms with van der Waals surface area (Å²) in [6.45, 7) is 4.10. The molecule has 1 unspecified atom stereocenters. The average molecular weight is 262 g/mol. The minimum atomic E-state index is -0.900. The van der Waals surface area contributed by atoms with Crippen molar-refractivity contribution in [3.8, 4) is 0 Å². The van der Waals surface area contributed by atoms with Gasteiger partial charge in [-0.2, -0.15) is 0 Å². The van der Waals surface area contributed by atoms with Crippen LogP contribution in [0.4, 0.5) is 0 Å². The lowest BCUT2D eigenvalue weighted by Crippen LogP contribution is -2.35. The number of rotatable bonds is 6. The van der Waals surface area contributed by atoms with Crippen molar-refractivity contribution in [3.63, 3.8) is 0 Å². The molecule has 0 aliphatic rings. The molecule has 1 rings (SSSR count). The highest BCUT2D eigenvalue weighted by Crippen LogP contribution is 2.04. The van der Waals surface area contributed by atoms with Crippen LogP contribution in [-0.4, -0.2) is 40.0 Å². The van der Waals surface area contributed by atoms with Crippen LogP contribution in [0.15, 0.2) is 30.6 Å². The Bertz CT molecular complexity index is 457. The summed E-state index contributed by atoms with van der Waals surface area (Å²) >= 11 is 0. The molecule has 1 heterocycles. The Morgan fingerprint density at radius 3 is 2.79 bits per heavy atom. The number of hydrogen-bond acceptors (Lipinski definition) is 3. The fourth-order valence-electron chi connectivity index (χ4n) is 1.53. The molecule has 5 nitrogen and oxygen atoms in total. The number of carbonyl (C=O) groups is 2. The molecule has 0 aromatic carbocycles. The monoisotopic (exact) mass is 262 g/mol. The fraction of sp³-hybridized carbons (Fsp3) is 0.357. The molecule has 0 spiro atoms. The van der Waals surface area contributed by atoms with Crippen molar-refractivity contribution in [1.82, 2.24) is 9.88 Å². The third kappa shape index (κ3) is 4.91. The third-order valence-corrected chi connectivity index (χ3v) is 2.71. The van der Waals surface area contributed by atoms with E-state index in [1.54, 1.807) is 31.5 Å². The number of nitrogens with zero attached hydrogens (tertiary/aromatic N) is 2. The van der Waals surface area contributed by atoms with Gasteiger partial charge >= 0.3 is 5.97 Å². The standard InChI is InChI=1S/C14H18N2O3/c1-3-16(10-11(2)14(18)19)13(17)7-6-12-5-4-8-15-9-12/h4-9,11H,3,10H2,1-2H3,(H,18,19)/b7-6+. The molecule has 0 aliphatic heterocycles. The van der Waals surface area contributed by atoms with Crippen molar-refractivity contribution < 1.29 is 14.7 Å². The zero-order valence-corrected chi connectivity index (χ0v) is 11.1. The quantitative estimate of drug-likeness (QED) is 0.791. The second-order valence-electron chi connectivity index (χ2n) is 4.24. The molecule has 0 saturated carbocycles. The number of likely N-dealkylation sites (N-methyl/N-ethyl adjacent to an activating group) is 1. The normalized spacial score (nSPS) is 12.3. The Kier molecular flexibility index (Phi) is 5.73.